The van der Waals surface area contributed by atoms with Crippen LogP contribution < -0.4 is 4.90 Å². The Morgan fingerprint density at radius 3 is 2.66 bits per heavy atom. The van der Waals surface area contributed by atoms with Crippen molar-refractivity contribution in [3.63, 3.8) is 0 Å². The number of benzene rings is 1. The molecule has 0 amide bonds. The molecule has 4 heteroatoms. The fourth-order valence-corrected chi connectivity index (χ4v) is 7.82. The van der Waals surface area contributed by atoms with Crippen molar-refractivity contribution >= 4 is 11.3 Å². The van der Waals surface area contributed by atoms with Gasteiger partial charge in [-0.2, -0.15) is 0 Å². The molecule has 44 heavy (non-hydrogen) atoms. The van der Waals surface area contributed by atoms with E-state index in [2.05, 4.69) is 124 Å². The Morgan fingerprint density at radius 1 is 1.00 bits per heavy atom. The second kappa shape index (κ2) is 13.1. The lowest BCUT2D eigenvalue weighted by Crippen LogP contribution is -2.53. The highest BCUT2D eigenvalue weighted by atomic mass is 15.2. The molecule has 0 saturated heterocycles. The van der Waals surface area contributed by atoms with Crippen LogP contribution in [0.3, 0.4) is 0 Å². The molecule has 1 fully saturated rings. The molecule has 228 valence electrons. The molecule has 1 aromatic heterocycles. The second-order valence-corrected chi connectivity index (χ2v) is 13.6. The maximum atomic E-state index is 5.04. The fraction of sp³-hybridized carbons (Fsp3) is 0.425. The molecule has 0 N–H and O–H groups in total. The van der Waals surface area contributed by atoms with E-state index < -0.39 is 0 Å². The number of aromatic nitrogens is 3. The van der Waals surface area contributed by atoms with Gasteiger partial charge in [-0.25, -0.2) is 15.0 Å². The van der Waals surface area contributed by atoms with Crippen molar-refractivity contribution < 1.29 is 0 Å². The van der Waals surface area contributed by atoms with E-state index in [0.717, 1.165) is 47.9 Å². The summed E-state index contributed by atoms with van der Waals surface area (Å²) in [5.41, 5.74) is 6.68. The SMILES string of the molecule is C=C(CC/C(=C\C)N1c2ccccc2C(C)(C)C2CCCCC21)Cc1nc(C2=CC=CCC=C2)nc(C2C=CC=CC2C)n1. The molecular formula is C40H48N4. The molecule has 0 spiro atoms. The average molecular weight is 585 g/mol. The van der Waals surface area contributed by atoms with Crippen LogP contribution in [0.4, 0.5) is 5.69 Å². The lowest BCUT2D eigenvalue weighted by molar-refractivity contribution is 0.186. The van der Waals surface area contributed by atoms with Gasteiger partial charge in [-0.15, -0.1) is 0 Å². The minimum Gasteiger partial charge on any atom is -0.342 e. The highest BCUT2D eigenvalue weighted by Crippen LogP contribution is 2.52. The molecule has 6 rings (SSSR count). The summed E-state index contributed by atoms with van der Waals surface area (Å²) >= 11 is 0. The number of anilines is 1. The van der Waals surface area contributed by atoms with Crippen molar-refractivity contribution in [2.45, 2.75) is 96.4 Å². The predicted molar refractivity (Wildman–Crippen MR) is 184 cm³/mol. The molecule has 4 aliphatic rings. The number of para-hydroxylation sites is 1. The molecule has 2 aromatic rings. The summed E-state index contributed by atoms with van der Waals surface area (Å²) in [6.07, 6.45) is 30.3. The number of rotatable bonds is 8. The van der Waals surface area contributed by atoms with E-state index in [1.54, 1.807) is 0 Å². The van der Waals surface area contributed by atoms with Crippen LogP contribution >= 0.6 is 0 Å². The highest BCUT2D eigenvalue weighted by Gasteiger charge is 2.47. The zero-order valence-electron chi connectivity index (χ0n) is 27.0. The molecular weight excluding hydrogens is 536 g/mol. The Labute approximate surface area is 264 Å². The van der Waals surface area contributed by atoms with Crippen molar-refractivity contribution in [1.82, 2.24) is 15.0 Å². The number of fused-ring (bicyclic) bond motifs is 2. The van der Waals surface area contributed by atoms with E-state index in [-0.39, 0.29) is 11.3 Å². The summed E-state index contributed by atoms with van der Waals surface area (Å²) in [5, 5.41) is 0. The Morgan fingerprint density at radius 2 is 1.82 bits per heavy atom. The Balaban J connectivity index is 1.24. The summed E-state index contributed by atoms with van der Waals surface area (Å²) in [4.78, 5) is 17.7. The van der Waals surface area contributed by atoms with Gasteiger partial charge in [-0.1, -0.05) is 125 Å². The molecule has 0 bridgehead atoms. The molecule has 4 atom stereocenters. The van der Waals surface area contributed by atoms with Crippen LogP contribution in [0.5, 0.6) is 0 Å². The Kier molecular flexibility index (Phi) is 8.98. The molecule has 1 aromatic carbocycles. The Hall–Kier alpha value is -3.79. The topological polar surface area (TPSA) is 41.9 Å². The van der Waals surface area contributed by atoms with Crippen molar-refractivity contribution in [2.75, 3.05) is 4.90 Å². The maximum Gasteiger partial charge on any atom is 0.163 e. The second-order valence-electron chi connectivity index (χ2n) is 13.6. The van der Waals surface area contributed by atoms with Gasteiger partial charge in [0.05, 0.1) is 0 Å². The zero-order chi connectivity index (χ0) is 30.7. The molecule has 1 aliphatic heterocycles. The van der Waals surface area contributed by atoms with Crippen molar-refractivity contribution in [3.05, 3.63) is 126 Å². The predicted octanol–water partition coefficient (Wildman–Crippen LogP) is 9.76. The fourth-order valence-electron chi connectivity index (χ4n) is 7.82. The van der Waals surface area contributed by atoms with Gasteiger partial charge >= 0.3 is 0 Å². The summed E-state index contributed by atoms with van der Waals surface area (Å²) < 4.78 is 0. The molecule has 1 saturated carbocycles. The van der Waals surface area contributed by atoms with Crippen LogP contribution in [-0.2, 0) is 11.8 Å². The largest absolute Gasteiger partial charge is 0.342 e. The van der Waals surface area contributed by atoms with Gasteiger partial charge in [0.15, 0.2) is 5.82 Å². The minimum absolute atomic E-state index is 0.140. The van der Waals surface area contributed by atoms with Crippen LogP contribution in [0.15, 0.2) is 103 Å². The number of hydrogen-bond donors (Lipinski definition) is 0. The quantitative estimate of drug-likeness (QED) is 0.290. The summed E-state index contributed by atoms with van der Waals surface area (Å²) in [6.45, 7) is 13.9. The first-order chi connectivity index (χ1) is 21.4. The van der Waals surface area contributed by atoms with Gasteiger partial charge in [0.2, 0.25) is 0 Å². The van der Waals surface area contributed by atoms with E-state index in [1.807, 2.05) is 0 Å². The van der Waals surface area contributed by atoms with Crippen molar-refractivity contribution in [2.24, 2.45) is 11.8 Å². The van der Waals surface area contributed by atoms with Crippen molar-refractivity contribution in [1.29, 1.82) is 0 Å². The van der Waals surface area contributed by atoms with Gasteiger partial charge < -0.3 is 4.90 Å². The first-order valence-electron chi connectivity index (χ1n) is 16.7. The van der Waals surface area contributed by atoms with Crippen LogP contribution in [0.2, 0.25) is 0 Å². The standard InChI is InChI=1S/C40H48N4/c1-6-31(44-35-23-15-13-21-33(35)40(4,5)34-22-14-16-24-36(34)44)26-25-28(2)27-37-41-38(30-18-9-7-8-10-19-30)43-39(42-37)32-20-12-11-17-29(32)3/h6-7,9-13,15,17-21,23,29,32,34,36H,2,8,14,16,22,24-27H2,1,3-5H3/b31-6+. The summed E-state index contributed by atoms with van der Waals surface area (Å²) in [6, 6.07) is 9.68. The first-order valence-corrected chi connectivity index (χ1v) is 16.7. The van der Waals surface area contributed by atoms with Crippen LogP contribution in [0.25, 0.3) is 5.57 Å². The normalized spacial score (nSPS) is 25.7. The monoisotopic (exact) mass is 584 g/mol. The molecule has 4 unspecified atom stereocenters. The van der Waals surface area contributed by atoms with Gasteiger partial charge in [-0.3, -0.25) is 0 Å². The van der Waals surface area contributed by atoms with Crippen LogP contribution in [0, 0.1) is 11.8 Å². The van der Waals surface area contributed by atoms with Gasteiger partial charge in [-0.05, 0) is 67.9 Å². The smallest absolute Gasteiger partial charge is 0.163 e. The van der Waals surface area contributed by atoms with Crippen molar-refractivity contribution in [3.8, 4) is 0 Å². The third kappa shape index (κ3) is 6.09. The lowest BCUT2D eigenvalue weighted by Gasteiger charge is -2.54. The minimum atomic E-state index is 0.140. The van der Waals surface area contributed by atoms with Crippen LogP contribution in [0.1, 0.15) is 102 Å². The molecule has 2 heterocycles. The average Bonchev–Trinajstić information content (AvgIpc) is 3.33. The zero-order valence-corrected chi connectivity index (χ0v) is 27.0. The molecule has 4 nitrogen and oxygen atoms in total. The van der Waals surface area contributed by atoms with E-state index in [9.17, 15) is 0 Å². The third-order valence-electron chi connectivity index (χ3n) is 10.3. The van der Waals surface area contributed by atoms with Crippen LogP contribution in [-0.4, -0.2) is 21.0 Å². The van der Waals surface area contributed by atoms with E-state index in [0.29, 0.717) is 24.3 Å². The van der Waals surface area contributed by atoms with E-state index in [1.165, 1.54) is 42.6 Å². The Bertz CT molecular complexity index is 1570. The first kappa shape index (κ1) is 30.2. The van der Waals surface area contributed by atoms with Gasteiger partial charge in [0.1, 0.15) is 11.6 Å². The number of allylic oxidation sites excluding steroid dienone is 13. The number of hydrogen-bond acceptors (Lipinski definition) is 4. The van der Waals surface area contributed by atoms with Gasteiger partial charge in [0, 0.05) is 35.3 Å². The third-order valence-corrected chi connectivity index (χ3v) is 10.3. The molecule has 3 aliphatic carbocycles. The lowest BCUT2D eigenvalue weighted by atomic mass is 9.62. The maximum absolute atomic E-state index is 5.04. The summed E-state index contributed by atoms with van der Waals surface area (Å²) in [5.74, 6) is 3.55. The summed E-state index contributed by atoms with van der Waals surface area (Å²) in [7, 11) is 0. The molecule has 0 radical (unpaired) electrons. The van der Waals surface area contributed by atoms with Gasteiger partial charge in [0.25, 0.3) is 0 Å². The number of nitrogens with zero attached hydrogens (tertiary/aromatic N) is 4. The van der Waals surface area contributed by atoms with E-state index in [4.69, 9.17) is 15.0 Å². The highest BCUT2D eigenvalue weighted by molar-refractivity contribution is 5.71. The van der Waals surface area contributed by atoms with E-state index >= 15 is 0 Å².